The molecule has 3 rings (SSSR count). The molecule has 4 atom stereocenters. The van der Waals surface area contributed by atoms with Gasteiger partial charge in [0.15, 0.2) is 0 Å². The van der Waals surface area contributed by atoms with Crippen LogP contribution in [0.5, 0.6) is 0 Å². The van der Waals surface area contributed by atoms with Gasteiger partial charge in [0.05, 0.1) is 13.0 Å². The summed E-state index contributed by atoms with van der Waals surface area (Å²) in [5.41, 5.74) is 1.28. The number of carbonyl (C=O) groups excluding carboxylic acids is 1. The first-order valence-corrected chi connectivity index (χ1v) is 7.07. The summed E-state index contributed by atoms with van der Waals surface area (Å²) in [5.74, 6) is 0.240. The third kappa shape index (κ3) is 2.06. The zero-order chi connectivity index (χ0) is 13.4. The van der Waals surface area contributed by atoms with Crippen molar-refractivity contribution in [2.45, 2.75) is 37.3 Å². The molecule has 3 unspecified atom stereocenters. The minimum Gasteiger partial charge on any atom is -0.469 e. The molecule has 2 saturated heterocycles. The number of nitrogens with zero attached hydrogens (tertiary/aromatic N) is 1. The Morgan fingerprint density at radius 1 is 1.26 bits per heavy atom. The van der Waals surface area contributed by atoms with Crippen LogP contribution in [0, 0.1) is 5.92 Å². The van der Waals surface area contributed by atoms with Gasteiger partial charge in [-0.05, 0) is 31.9 Å². The van der Waals surface area contributed by atoms with Crippen LogP contribution < -0.4 is 0 Å². The molecular formula is C16H21NO2. The smallest absolute Gasteiger partial charge is 0.310 e. The highest BCUT2D eigenvalue weighted by Gasteiger charge is 2.49. The lowest BCUT2D eigenvalue weighted by atomic mass is 9.76. The van der Waals surface area contributed by atoms with Gasteiger partial charge in [-0.3, -0.25) is 9.69 Å². The molecule has 3 heteroatoms. The molecule has 2 bridgehead atoms. The minimum atomic E-state index is -0.0500. The number of rotatable bonds is 2. The Labute approximate surface area is 114 Å². The van der Waals surface area contributed by atoms with E-state index < -0.39 is 0 Å². The molecule has 2 heterocycles. The third-order valence-electron chi connectivity index (χ3n) is 4.97. The molecule has 0 saturated carbocycles. The van der Waals surface area contributed by atoms with Gasteiger partial charge in [0, 0.05) is 18.0 Å². The minimum absolute atomic E-state index is 0.0175. The van der Waals surface area contributed by atoms with Crippen LogP contribution in [0.25, 0.3) is 0 Å². The van der Waals surface area contributed by atoms with Crippen molar-refractivity contribution in [1.29, 1.82) is 0 Å². The van der Waals surface area contributed by atoms with E-state index in [0.717, 1.165) is 12.8 Å². The van der Waals surface area contributed by atoms with E-state index in [1.54, 1.807) is 0 Å². The molecule has 19 heavy (non-hydrogen) atoms. The van der Waals surface area contributed by atoms with E-state index in [0.29, 0.717) is 18.0 Å². The second-order valence-corrected chi connectivity index (χ2v) is 5.77. The first kappa shape index (κ1) is 12.7. The summed E-state index contributed by atoms with van der Waals surface area (Å²) in [6.45, 7) is 0. The van der Waals surface area contributed by atoms with Crippen LogP contribution in [0.3, 0.4) is 0 Å². The molecule has 2 aliphatic rings. The van der Waals surface area contributed by atoms with Crippen molar-refractivity contribution in [3.8, 4) is 0 Å². The highest BCUT2D eigenvalue weighted by molar-refractivity contribution is 5.75. The maximum atomic E-state index is 12.2. The quantitative estimate of drug-likeness (QED) is 0.764. The normalized spacial score (nSPS) is 34.2. The van der Waals surface area contributed by atoms with E-state index in [4.69, 9.17) is 4.74 Å². The number of esters is 1. The number of carbonyl (C=O) groups is 1. The maximum absolute atomic E-state index is 12.2. The first-order valence-electron chi connectivity index (χ1n) is 7.07. The number of ether oxygens (including phenoxy) is 1. The predicted octanol–water partition coefficient (Wildman–Crippen LogP) is 2.43. The fraction of sp³-hybridized carbons (Fsp3) is 0.562. The topological polar surface area (TPSA) is 29.5 Å². The Morgan fingerprint density at radius 3 is 2.68 bits per heavy atom. The Balaban J connectivity index is 1.96. The van der Waals surface area contributed by atoms with E-state index >= 15 is 0 Å². The monoisotopic (exact) mass is 259 g/mol. The van der Waals surface area contributed by atoms with E-state index in [1.165, 1.54) is 19.1 Å². The molecule has 0 aliphatic carbocycles. The molecule has 3 nitrogen and oxygen atoms in total. The molecule has 0 radical (unpaired) electrons. The second-order valence-electron chi connectivity index (χ2n) is 5.77. The Bertz CT molecular complexity index is 459. The summed E-state index contributed by atoms with van der Waals surface area (Å²) in [4.78, 5) is 14.6. The summed E-state index contributed by atoms with van der Waals surface area (Å²) >= 11 is 0. The van der Waals surface area contributed by atoms with Crippen LogP contribution in [0.15, 0.2) is 30.3 Å². The van der Waals surface area contributed by atoms with Crippen LogP contribution in [0.4, 0.5) is 0 Å². The van der Waals surface area contributed by atoms with Crippen molar-refractivity contribution in [2.75, 3.05) is 14.2 Å². The van der Waals surface area contributed by atoms with E-state index in [2.05, 4.69) is 36.2 Å². The predicted molar refractivity (Wildman–Crippen MR) is 73.9 cm³/mol. The van der Waals surface area contributed by atoms with Crippen molar-refractivity contribution in [1.82, 2.24) is 4.90 Å². The van der Waals surface area contributed by atoms with Gasteiger partial charge in [-0.25, -0.2) is 0 Å². The number of benzene rings is 1. The number of fused-ring (bicyclic) bond motifs is 2. The Kier molecular flexibility index (Phi) is 3.31. The van der Waals surface area contributed by atoms with Crippen LogP contribution in [-0.4, -0.2) is 37.1 Å². The van der Waals surface area contributed by atoms with Crippen molar-refractivity contribution in [3.05, 3.63) is 35.9 Å². The summed E-state index contributed by atoms with van der Waals surface area (Å²) in [6, 6.07) is 11.4. The summed E-state index contributed by atoms with van der Waals surface area (Å²) in [7, 11) is 3.66. The summed E-state index contributed by atoms with van der Waals surface area (Å²) < 4.78 is 5.07. The van der Waals surface area contributed by atoms with Gasteiger partial charge in [-0.2, -0.15) is 0 Å². The van der Waals surface area contributed by atoms with Gasteiger partial charge in [-0.1, -0.05) is 30.3 Å². The molecule has 1 aromatic rings. The molecule has 0 amide bonds. The maximum Gasteiger partial charge on any atom is 0.310 e. The standard InChI is InChI=1S/C16H21NO2/c1-17-12-8-9-14(17)15(16(18)19-2)13(10-12)11-6-4-3-5-7-11/h3-7,12-15H,8-10H2,1-2H3/t12?,13?,14?,15-/m1/s1. The lowest BCUT2D eigenvalue weighted by Crippen LogP contribution is -2.49. The molecule has 0 aromatic heterocycles. The van der Waals surface area contributed by atoms with E-state index in [1.807, 2.05) is 6.07 Å². The van der Waals surface area contributed by atoms with Crippen LogP contribution in [0.2, 0.25) is 0 Å². The van der Waals surface area contributed by atoms with Crippen LogP contribution >= 0.6 is 0 Å². The number of piperidine rings is 1. The van der Waals surface area contributed by atoms with Gasteiger partial charge >= 0.3 is 5.97 Å². The number of hydrogen-bond donors (Lipinski definition) is 0. The summed E-state index contributed by atoms with van der Waals surface area (Å²) in [6.07, 6.45) is 3.39. The fourth-order valence-electron chi connectivity index (χ4n) is 3.97. The van der Waals surface area contributed by atoms with Gasteiger partial charge in [0.25, 0.3) is 0 Å². The zero-order valence-corrected chi connectivity index (χ0v) is 11.6. The highest BCUT2D eigenvalue weighted by atomic mass is 16.5. The van der Waals surface area contributed by atoms with Crippen molar-refractivity contribution in [2.24, 2.45) is 5.92 Å². The number of methoxy groups -OCH3 is 1. The van der Waals surface area contributed by atoms with Gasteiger partial charge in [0.1, 0.15) is 0 Å². The lowest BCUT2D eigenvalue weighted by Gasteiger charge is -2.41. The van der Waals surface area contributed by atoms with Crippen LogP contribution in [-0.2, 0) is 9.53 Å². The second kappa shape index (κ2) is 4.97. The molecule has 0 N–H and O–H groups in total. The molecular weight excluding hydrogens is 238 g/mol. The van der Waals surface area contributed by atoms with Crippen LogP contribution in [0.1, 0.15) is 30.7 Å². The average molecular weight is 259 g/mol. The highest BCUT2D eigenvalue weighted by Crippen LogP contribution is 2.46. The first-order chi connectivity index (χ1) is 9.22. The van der Waals surface area contributed by atoms with E-state index in [-0.39, 0.29) is 11.9 Å². The molecule has 2 fully saturated rings. The van der Waals surface area contributed by atoms with Gasteiger partial charge in [0.2, 0.25) is 0 Å². The summed E-state index contributed by atoms with van der Waals surface area (Å²) in [5, 5.41) is 0. The van der Waals surface area contributed by atoms with Crippen molar-refractivity contribution >= 4 is 5.97 Å². The molecule has 0 spiro atoms. The van der Waals surface area contributed by atoms with Crippen molar-refractivity contribution < 1.29 is 9.53 Å². The molecule has 1 aromatic carbocycles. The molecule has 2 aliphatic heterocycles. The SMILES string of the molecule is COC(=O)[C@@H]1C(c2ccccc2)CC2CCC1N2C. The Morgan fingerprint density at radius 2 is 2.00 bits per heavy atom. The Hall–Kier alpha value is -1.35. The van der Waals surface area contributed by atoms with Gasteiger partial charge in [-0.15, -0.1) is 0 Å². The zero-order valence-electron chi connectivity index (χ0n) is 11.6. The fourth-order valence-corrected chi connectivity index (χ4v) is 3.97. The van der Waals surface area contributed by atoms with Crippen molar-refractivity contribution in [3.63, 3.8) is 0 Å². The lowest BCUT2D eigenvalue weighted by molar-refractivity contribution is -0.150. The molecule has 102 valence electrons. The largest absolute Gasteiger partial charge is 0.469 e. The van der Waals surface area contributed by atoms with E-state index in [9.17, 15) is 4.79 Å². The van der Waals surface area contributed by atoms with Gasteiger partial charge < -0.3 is 4.74 Å². The number of hydrogen-bond acceptors (Lipinski definition) is 3. The third-order valence-corrected chi connectivity index (χ3v) is 4.97. The average Bonchev–Trinajstić information content (AvgIpc) is 2.70.